The van der Waals surface area contributed by atoms with Gasteiger partial charge >= 0.3 is 0 Å². The molecule has 2 nitrogen and oxygen atoms in total. The van der Waals surface area contributed by atoms with Gasteiger partial charge in [0.05, 0.1) is 0 Å². The summed E-state index contributed by atoms with van der Waals surface area (Å²) in [5.74, 6) is 0.0256. The van der Waals surface area contributed by atoms with Crippen molar-refractivity contribution >= 4 is 16.9 Å². The second-order valence-electron chi connectivity index (χ2n) is 4.23. The molecule has 21 heavy (non-hydrogen) atoms. The fourth-order valence-corrected chi connectivity index (χ4v) is 2.35. The van der Waals surface area contributed by atoms with Crippen molar-refractivity contribution in [3.8, 4) is 5.75 Å². The Kier molecular flexibility index (Phi) is 6.04. The van der Waals surface area contributed by atoms with Gasteiger partial charge in [0.2, 0.25) is 0 Å². The minimum atomic E-state index is 0.0256. The van der Waals surface area contributed by atoms with Gasteiger partial charge in [0.15, 0.2) is 0 Å². The standard InChI is InChI=1S/C15H13NO.2C2H6/c1-10-12-5-3-4-6-14(12)16(2)15-8-7-11(17)9-13(10)15;2*1-2/h3-9,17H,1H2,2H3;2*1-2H3/p-1. The molecule has 112 valence electrons. The Labute approximate surface area is 128 Å². The Balaban J connectivity index is 0.000000510. The Morgan fingerprint density at radius 3 is 2.10 bits per heavy atom. The van der Waals surface area contributed by atoms with Crippen molar-refractivity contribution in [2.24, 2.45) is 0 Å². The average molecular weight is 282 g/mol. The van der Waals surface area contributed by atoms with Crippen molar-refractivity contribution in [1.82, 2.24) is 0 Å². The molecular weight excluding hydrogens is 258 g/mol. The minimum absolute atomic E-state index is 0.0256. The van der Waals surface area contributed by atoms with E-state index in [1.807, 2.05) is 59.0 Å². The number of benzene rings is 2. The van der Waals surface area contributed by atoms with E-state index in [9.17, 15) is 5.11 Å². The van der Waals surface area contributed by atoms with E-state index in [1.54, 1.807) is 12.1 Å². The summed E-state index contributed by atoms with van der Waals surface area (Å²) in [5.41, 5.74) is 5.11. The van der Waals surface area contributed by atoms with Crippen LogP contribution in [-0.4, -0.2) is 7.05 Å². The Bertz CT molecular complexity index is 617. The van der Waals surface area contributed by atoms with Crippen LogP contribution in [0.15, 0.2) is 49.0 Å². The largest absolute Gasteiger partial charge is 0.872 e. The van der Waals surface area contributed by atoms with Gasteiger partial charge in [0.25, 0.3) is 0 Å². The summed E-state index contributed by atoms with van der Waals surface area (Å²) in [4.78, 5) is 2.10. The van der Waals surface area contributed by atoms with Gasteiger partial charge in [0.1, 0.15) is 0 Å². The molecule has 0 amide bonds. The Morgan fingerprint density at radius 2 is 1.43 bits per heavy atom. The number of rotatable bonds is 0. The highest BCUT2D eigenvalue weighted by Crippen LogP contribution is 2.43. The molecule has 1 aliphatic rings. The molecule has 0 atom stereocenters. The fourth-order valence-electron chi connectivity index (χ4n) is 2.35. The fraction of sp³-hybridized carbons (Fsp3) is 0.263. The second-order valence-corrected chi connectivity index (χ2v) is 4.23. The quantitative estimate of drug-likeness (QED) is 0.683. The van der Waals surface area contributed by atoms with Crippen LogP contribution in [0.25, 0.3) is 5.57 Å². The van der Waals surface area contributed by atoms with Gasteiger partial charge in [-0.25, -0.2) is 0 Å². The van der Waals surface area contributed by atoms with Crippen molar-refractivity contribution in [3.05, 3.63) is 60.2 Å². The Morgan fingerprint density at radius 1 is 0.857 bits per heavy atom. The SMILES string of the molecule is C=C1c2ccccc2N(C)c2ccc([O-])cc21.CC.CC. The summed E-state index contributed by atoms with van der Waals surface area (Å²) in [6.45, 7) is 12.1. The van der Waals surface area contributed by atoms with E-state index in [0.29, 0.717) is 0 Å². The van der Waals surface area contributed by atoms with Crippen molar-refractivity contribution in [2.45, 2.75) is 27.7 Å². The lowest BCUT2D eigenvalue weighted by molar-refractivity contribution is -0.268. The molecule has 2 aromatic rings. The molecule has 0 N–H and O–H groups in total. The zero-order valence-electron chi connectivity index (χ0n) is 13.6. The maximum atomic E-state index is 11.4. The smallest absolute Gasteiger partial charge is 0.0487 e. The molecule has 0 saturated carbocycles. The third-order valence-corrected chi connectivity index (χ3v) is 3.25. The summed E-state index contributed by atoms with van der Waals surface area (Å²) in [5, 5.41) is 11.4. The van der Waals surface area contributed by atoms with Crippen LogP contribution in [0.5, 0.6) is 5.75 Å². The van der Waals surface area contributed by atoms with E-state index in [-0.39, 0.29) is 5.75 Å². The van der Waals surface area contributed by atoms with Gasteiger partial charge in [-0.2, -0.15) is 0 Å². The molecule has 2 heteroatoms. The molecule has 0 spiro atoms. The zero-order chi connectivity index (χ0) is 16.0. The van der Waals surface area contributed by atoms with Crippen LogP contribution in [0.1, 0.15) is 38.8 Å². The highest BCUT2D eigenvalue weighted by atomic mass is 16.3. The third kappa shape index (κ3) is 3.10. The van der Waals surface area contributed by atoms with Crippen LogP contribution in [0.3, 0.4) is 0 Å². The van der Waals surface area contributed by atoms with Crippen LogP contribution in [-0.2, 0) is 0 Å². The highest BCUT2D eigenvalue weighted by Gasteiger charge is 2.21. The monoisotopic (exact) mass is 282 g/mol. The zero-order valence-corrected chi connectivity index (χ0v) is 13.6. The topological polar surface area (TPSA) is 26.3 Å². The van der Waals surface area contributed by atoms with Gasteiger partial charge in [-0.1, -0.05) is 64.6 Å². The van der Waals surface area contributed by atoms with Crippen molar-refractivity contribution in [3.63, 3.8) is 0 Å². The van der Waals surface area contributed by atoms with E-state index in [0.717, 1.165) is 28.1 Å². The second kappa shape index (κ2) is 7.53. The van der Waals surface area contributed by atoms with Gasteiger partial charge in [-0.3, -0.25) is 0 Å². The number of hydrogen-bond donors (Lipinski definition) is 0. The molecule has 0 saturated heterocycles. The molecule has 1 aliphatic heterocycles. The first-order valence-electron chi connectivity index (χ1n) is 7.52. The number of hydrogen-bond acceptors (Lipinski definition) is 2. The van der Waals surface area contributed by atoms with Crippen LogP contribution in [0.2, 0.25) is 0 Å². The minimum Gasteiger partial charge on any atom is -0.872 e. The lowest BCUT2D eigenvalue weighted by Crippen LogP contribution is -2.17. The van der Waals surface area contributed by atoms with E-state index in [1.165, 1.54) is 0 Å². The molecular formula is C19H24NO-. The van der Waals surface area contributed by atoms with E-state index in [4.69, 9.17) is 0 Å². The predicted molar refractivity (Wildman–Crippen MR) is 91.2 cm³/mol. The summed E-state index contributed by atoms with van der Waals surface area (Å²) in [7, 11) is 2.01. The number of anilines is 2. The molecule has 0 aliphatic carbocycles. The van der Waals surface area contributed by atoms with Crippen LogP contribution >= 0.6 is 0 Å². The molecule has 0 aromatic heterocycles. The molecule has 1 heterocycles. The first kappa shape index (κ1) is 16.8. The number of para-hydroxylation sites is 1. The maximum absolute atomic E-state index is 11.4. The van der Waals surface area contributed by atoms with Crippen LogP contribution in [0, 0.1) is 0 Å². The third-order valence-electron chi connectivity index (χ3n) is 3.25. The van der Waals surface area contributed by atoms with Gasteiger partial charge < -0.3 is 10.0 Å². The van der Waals surface area contributed by atoms with Gasteiger partial charge in [-0.15, -0.1) is 5.75 Å². The summed E-state index contributed by atoms with van der Waals surface area (Å²) >= 11 is 0. The summed E-state index contributed by atoms with van der Waals surface area (Å²) in [6.07, 6.45) is 0. The molecule has 0 unspecified atom stereocenters. The molecule has 2 aromatic carbocycles. The highest BCUT2D eigenvalue weighted by molar-refractivity contribution is 5.96. The average Bonchev–Trinajstić information content (AvgIpc) is 2.56. The van der Waals surface area contributed by atoms with Crippen molar-refractivity contribution < 1.29 is 5.11 Å². The lowest BCUT2D eigenvalue weighted by atomic mass is 9.91. The summed E-state index contributed by atoms with van der Waals surface area (Å²) in [6, 6.07) is 13.2. The molecule has 3 rings (SSSR count). The molecule has 0 fully saturated rings. The first-order chi connectivity index (χ1) is 10.2. The maximum Gasteiger partial charge on any atom is 0.0487 e. The Hall–Kier alpha value is -2.22. The van der Waals surface area contributed by atoms with Crippen LogP contribution in [0.4, 0.5) is 11.4 Å². The van der Waals surface area contributed by atoms with Gasteiger partial charge in [-0.05, 0) is 17.7 Å². The van der Waals surface area contributed by atoms with Gasteiger partial charge in [0, 0.05) is 29.5 Å². The lowest BCUT2D eigenvalue weighted by Gasteiger charge is -2.32. The number of nitrogens with zero attached hydrogens (tertiary/aromatic N) is 1. The van der Waals surface area contributed by atoms with Crippen LogP contribution < -0.4 is 10.0 Å². The van der Waals surface area contributed by atoms with Crippen molar-refractivity contribution in [1.29, 1.82) is 0 Å². The van der Waals surface area contributed by atoms with Crippen molar-refractivity contribution in [2.75, 3.05) is 11.9 Å². The van der Waals surface area contributed by atoms with E-state index >= 15 is 0 Å². The van der Waals surface area contributed by atoms with E-state index < -0.39 is 0 Å². The number of fused-ring (bicyclic) bond motifs is 2. The van der Waals surface area contributed by atoms with E-state index in [2.05, 4.69) is 17.5 Å². The summed E-state index contributed by atoms with van der Waals surface area (Å²) < 4.78 is 0. The predicted octanol–water partition coefficient (Wildman–Crippen LogP) is 4.96. The molecule has 0 radical (unpaired) electrons. The first-order valence-corrected chi connectivity index (χ1v) is 7.52. The molecule has 0 bridgehead atoms. The normalized spacial score (nSPS) is 11.3.